The van der Waals surface area contributed by atoms with E-state index in [1.807, 2.05) is 42.5 Å². The molecular weight excluding hydrogens is 296 g/mol. The predicted molar refractivity (Wildman–Crippen MR) is 95.6 cm³/mol. The quantitative estimate of drug-likeness (QED) is 0.803. The first-order valence-corrected chi connectivity index (χ1v) is 7.30. The fourth-order valence-electron chi connectivity index (χ4n) is 2.34. The number of hydrogen-bond donors (Lipinski definition) is 2. The molecule has 0 bridgehead atoms. The molecule has 0 spiro atoms. The Bertz CT molecular complexity index is 626. The second-order valence-corrected chi connectivity index (χ2v) is 5.49. The first-order chi connectivity index (χ1) is 10.1. The van der Waals surface area contributed by atoms with Crippen LogP contribution in [-0.4, -0.2) is 5.91 Å². The second kappa shape index (κ2) is 8.44. The summed E-state index contributed by atoms with van der Waals surface area (Å²) in [6.07, 6.45) is 1.09. The van der Waals surface area contributed by atoms with Crippen molar-refractivity contribution in [3.05, 3.63) is 59.7 Å². The number of aryl methyl sites for hydroxylation is 1. The predicted octanol–water partition coefficient (Wildman–Crippen LogP) is 4.39. The molecule has 0 atom stereocenters. The number of nitrogen functional groups attached to an aromatic ring is 1. The lowest BCUT2D eigenvalue weighted by Crippen LogP contribution is -2.14. The highest BCUT2D eigenvalue weighted by Crippen LogP contribution is 2.24. The van der Waals surface area contributed by atoms with E-state index in [9.17, 15) is 4.79 Å². The van der Waals surface area contributed by atoms with Gasteiger partial charge < -0.3 is 11.1 Å². The van der Waals surface area contributed by atoms with E-state index in [1.165, 1.54) is 0 Å². The van der Waals surface area contributed by atoms with Crippen LogP contribution in [0, 0.1) is 0 Å². The van der Waals surface area contributed by atoms with Crippen molar-refractivity contribution in [1.29, 1.82) is 0 Å². The van der Waals surface area contributed by atoms with Crippen molar-refractivity contribution in [2.75, 3.05) is 11.1 Å². The molecule has 0 saturated heterocycles. The molecule has 0 radical (unpaired) electrons. The standard InChI is InChI=1S/C18H22N2O.ClH/c1-13(2)15-8-4-6-10-17(15)20-18(21)12-11-14-7-3-5-9-16(14)19;/h3-10,13H,11-12,19H2,1-2H3,(H,20,21);1H. The Morgan fingerprint density at radius 1 is 1.09 bits per heavy atom. The molecule has 0 heterocycles. The molecular formula is C18H23ClN2O. The molecule has 0 aromatic heterocycles. The highest BCUT2D eigenvalue weighted by Gasteiger charge is 2.09. The summed E-state index contributed by atoms with van der Waals surface area (Å²) in [6.45, 7) is 4.24. The normalized spacial score (nSPS) is 10.1. The van der Waals surface area contributed by atoms with Gasteiger partial charge >= 0.3 is 0 Å². The van der Waals surface area contributed by atoms with E-state index in [0.29, 0.717) is 18.8 Å². The van der Waals surface area contributed by atoms with Crippen LogP contribution in [0.3, 0.4) is 0 Å². The number of amides is 1. The van der Waals surface area contributed by atoms with Gasteiger partial charge in [0.1, 0.15) is 0 Å². The molecule has 118 valence electrons. The molecule has 22 heavy (non-hydrogen) atoms. The first kappa shape index (κ1) is 18.1. The lowest BCUT2D eigenvalue weighted by molar-refractivity contribution is -0.116. The van der Waals surface area contributed by atoms with Gasteiger partial charge in [-0.15, -0.1) is 12.4 Å². The van der Waals surface area contributed by atoms with Crippen molar-refractivity contribution in [1.82, 2.24) is 0 Å². The Morgan fingerprint density at radius 2 is 1.73 bits per heavy atom. The third kappa shape index (κ3) is 4.78. The van der Waals surface area contributed by atoms with Crippen molar-refractivity contribution in [2.24, 2.45) is 0 Å². The number of nitrogens with one attached hydrogen (secondary N) is 1. The van der Waals surface area contributed by atoms with Crippen LogP contribution in [0.1, 0.15) is 37.3 Å². The number of nitrogens with two attached hydrogens (primary N) is 1. The summed E-state index contributed by atoms with van der Waals surface area (Å²) in [5.74, 6) is 0.401. The van der Waals surface area contributed by atoms with Gasteiger partial charge in [-0.1, -0.05) is 50.2 Å². The van der Waals surface area contributed by atoms with Crippen LogP contribution < -0.4 is 11.1 Å². The highest BCUT2D eigenvalue weighted by atomic mass is 35.5. The molecule has 2 aromatic carbocycles. The number of halogens is 1. The minimum atomic E-state index is 0. The number of anilines is 2. The van der Waals surface area contributed by atoms with Gasteiger partial charge in [0.05, 0.1) is 0 Å². The van der Waals surface area contributed by atoms with Gasteiger partial charge in [0.2, 0.25) is 5.91 Å². The molecule has 0 unspecified atom stereocenters. The third-order valence-electron chi connectivity index (χ3n) is 3.53. The molecule has 0 fully saturated rings. The van der Waals surface area contributed by atoms with Gasteiger partial charge in [-0.2, -0.15) is 0 Å². The number of benzene rings is 2. The summed E-state index contributed by atoms with van der Waals surface area (Å²) in [5, 5.41) is 3.00. The summed E-state index contributed by atoms with van der Waals surface area (Å²) in [4.78, 5) is 12.1. The topological polar surface area (TPSA) is 55.1 Å². The fourth-order valence-corrected chi connectivity index (χ4v) is 2.34. The van der Waals surface area contributed by atoms with Gasteiger partial charge in [-0.25, -0.2) is 0 Å². The Labute approximate surface area is 138 Å². The maximum Gasteiger partial charge on any atom is 0.224 e. The van der Waals surface area contributed by atoms with Crippen LogP contribution in [0.15, 0.2) is 48.5 Å². The lowest BCUT2D eigenvalue weighted by Gasteiger charge is -2.13. The third-order valence-corrected chi connectivity index (χ3v) is 3.53. The van der Waals surface area contributed by atoms with Gasteiger partial charge in [0.25, 0.3) is 0 Å². The number of carbonyl (C=O) groups excluding carboxylic acids is 1. The van der Waals surface area contributed by atoms with Crippen LogP contribution >= 0.6 is 12.4 Å². The number of para-hydroxylation sites is 2. The summed E-state index contributed by atoms with van der Waals surface area (Å²) < 4.78 is 0. The van der Waals surface area contributed by atoms with E-state index in [0.717, 1.165) is 22.5 Å². The smallest absolute Gasteiger partial charge is 0.224 e. The maximum absolute atomic E-state index is 12.1. The van der Waals surface area contributed by atoms with Gasteiger partial charge in [-0.3, -0.25) is 4.79 Å². The average Bonchev–Trinajstić information content (AvgIpc) is 2.47. The van der Waals surface area contributed by atoms with Gasteiger partial charge in [0.15, 0.2) is 0 Å². The molecule has 3 N–H and O–H groups in total. The zero-order valence-corrected chi connectivity index (χ0v) is 13.8. The lowest BCUT2D eigenvalue weighted by atomic mass is 10.0. The number of hydrogen-bond acceptors (Lipinski definition) is 2. The van der Waals surface area contributed by atoms with Crippen molar-refractivity contribution in [3.8, 4) is 0 Å². The SMILES string of the molecule is CC(C)c1ccccc1NC(=O)CCc1ccccc1N.Cl. The largest absolute Gasteiger partial charge is 0.399 e. The Kier molecular flexibility index (Phi) is 6.93. The van der Waals surface area contributed by atoms with Crippen LogP contribution in [0.2, 0.25) is 0 Å². The summed E-state index contributed by atoms with van der Waals surface area (Å²) in [6, 6.07) is 15.6. The fraction of sp³-hybridized carbons (Fsp3) is 0.278. The van der Waals surface area contributed by atoms with E-state index >= 15 is 0 Å². The molecule has 3 nitrogen and oxygen atoms in total. The van der Waals surface area contributed by atoms with Crippen LogP contribution in [-0.2, 0) is 11.2 Å². The molecule has 2 rings (SSSR count). The van der Waals surface area contributed by atoms with E-state index in [4.69, 9.17) is 5.73 Å². The Morgan fingerprint density at radius 3 is 2.41 bits per heavy atom. The number of rotatable bonds is 5. The monoisotopic (exact) mass is 318 g/mol. The molecule has 0 aliphatic heterocycles. The van der Waals surface area contributed by atoms with E-state index in [1.54, 1.807) is 0 Å². The second-order valence-electron chi connectivity index (χ2n) is 5.49. The molecule has 0 aliphatic carbocycles. The minimum Gasteiger partial charge on any atom is -0.399 e. The summed E-state index contributed by atoms with van der Waals surface area (Å²) in [5.41, 5.74) is 9.71. The molecule has 4 heteroatoms. The van der Waals surface area contributed by atoms with Gasteiger partial charge in [-0.05, 0) is 35.6 Å². The van der Waals surface area contributed by atoms with Crippen molar-refractivity contribution in [2.45, 2.75) is 32.6 Å². The zero-order valence-electron chi connectivity index (χ0n) is 13.0. The maximum atomic E-state index is 12.1. The number of carbonyl (C=O) groups is 1. The Hall–Kier alpha value is -2.00. The van der Waals surface area contributed by atoms with E-state index in [-0.39, 0.29) is 18.3 Å². The van der Waals surface area contributed by atoms with Crippen LogP contribution in [0.25, 0.3) is 0 Å². The van der Waals surface area contributed by atoms with Crippen LogP contribution in [0.4, 0.5) is 11.4 Å². The molecule has 0 aliphatic rings. The zero-order chi connectivity index (χ0) is 15.2. The minimum absolute atomic E-state index is 0. The van der Waals surface area contributed by atoms with Crippen molar-refractivity contribution < 1.29 is 4.79 Å². The van der Waals surface area contributed by atoms with Crippen molar-refractivity contribution >= 4 is 29.7 Å². The van der Waals surface area contributed by atoms with E-state index in [2.05, 4.69) is 25.2 Å². The van der Waals surface area contributed by atoms with Gasteiger partial charge in [0, 0.05) is 17.8 Å². The molecule has 1 amide bonds. The van der Waals surface area contributed by atoms with Crippen LogP contribution in [0.5, 0.6) is 0 Å². The van der Waals surface area contributed by atoms with Crippen molar-refractivity contribution in [3.63, 3.8) is 0 Å². The summed E-state index contributed by atoms with van der Waals surface area (Å²) in [7, 11) is 0. The molecule has 0 saturated carbocycles. The van der Waals surface area contributed by atoms with E-state index < -0.39 is 0 Å². The highest BCUT2D eigenvalue weighted by molar-refractivity contribution is 5.91. The molecule has 2 aromatic rings. The first-order valence-electron chi connectivity index (χ1n) is 7.30. The Balaban J connectivity index is 0.00000242. The summed E-state index contributed by atoms with van der Waals surface area (Å²) >= 11 is 0. The average molecular weight is 319 g/mol.